The number of nitrogens with zero attached hydrogens (tertiary/aromatic N) is 1. The fraction of sp³-hybridized carbons (Fsp3) is 1.00. The maximum absolute atomic E-state index is 9.20. The Morgan fingerprint density at radius 1 is 0.520 bits per heavy atom. The Morgan fingerprint density at radius 2 is 0.840 bits per heavy atom. The summed E-state index contributed by atoms with van der Waals surface area (Å²) in [6.45, 7) is 8.69. The van der Waals surface area contributed by atoms with Gasteiger partial charge in [0.15, 0.2) is 0 Å². The summed E-state index contributed by atoms with van der Waals surface area (Å²) in [6, 6.07) is 0. The lowest BCUT2D eigenvalue weighted by atomic mass is 10.1. The molecule has 0 bridgehead atoms. The topological polar surface area (TPSA) is 20.2 Å². The van der Waals surface area contributed by atoms with Gasteiger partial charge in [0.05, 0.1) is 26.7 Å². The zero-order chi connectivity index (χ0) is 17.9. The van der Waals surface area contributed by atoms with Crippen molar-refractivity contribution in [2.24, 2.45) is 0 Å². The van der Waals surface area contributed by atoms with Crippen LogP contribution in [0.1, 0.15) is 110 Å². The highest BCUT2D eigenvalue weighted by molar-refractivity contribution is 4.50. The SMILES string of the molecule is CCCCCCCCC[N+](C)(CCCO)CCCCCCCCC.[I-]. The van der Waals surface area contributed by atoms with Crippen LogP contribution >= 0.6 is 0 Å². The predicted molar refractivity (Wildman–Crippen MR) is 108 cm³/mol. The van der Waals surface area contributed by atoms with E-state index in [4.69, 9.17) is 0 Å². The summed E-state index contributed by atoms with van der Waals surface area (Å²) in [4.78, 5) is 0. The van der Waals surface area contributed by atoms with E-state index in [1.54, 1.807) is 0 Å². The Kier molecular flexibility index (Phi) is 23.4. The second kappa shape index (κ2) is 21.0. The Hall–Kier alpha value is 0.650. The molecule has 0 saturated heterocycles. The molecule has 0 radical (unpaired) electrons. The number of hydrogen-bond donors (Lipinski definition) is 1. The van der Waals surface area contributed by atoms with Crippen LogP contribution in [0.2, 0.25) is 0 Å². The van der Waals surface area contributed by atoms with Gasteiger partial charge >= 0.3 is 0 Å². The lowest BCUT2D eigenvalue weighted by molar-refractivity contribution is -0.910. The molecule has 0 atom stereocenters. The Bertz CT molecular complexity index is 230. The molecule has 0 unspecified atom stereocenters. The zero-order valence-electron chi connectivity index (χ0n) is 17.7. The van der Waals surface area contributed by atoms with E-state index < -0.39 is 0 Å². The van der Waals surface area contributed by atoms with E-state index in [1.807, 2.05) is 0 Å². The van der Waals surface area contributed by atoms with Crippen molar-refractivity contribution in [2.45, 2.75) is 110 Å². The fourth-order valence-corrected chi connectivity index (χ4v) is 3.69. The molecule has 25 heavy (non-hydrogen) atoms. The molecule has 0 saturated carbocycles. The van der Waals surface area contributed by atoms with Crippen LogP contribution in [0.25, 0.3) is 0 Å². The van der Waals surface area contributed by atoms with Crippen LogP contribution in [0, 0.1) is 0 Å². The minimum absolute atomic E-state index is 0. The van der Waals surface area contributed by atoms with Gasteiger partial charge in [-0.1, -0.05) is 78.1 Å². The first-order chi connectivity index (χ1) is 11.7. The molecule has 0 aromatic heterocycles. The normalized spacial score (nSPS) is 11.5. The second-order valence-electron chi connectivity index (χ2n) is 8.11. The van der Waals surface area contributed by atoms with Gasteiger partial charge in [-0.25, -0.2) is 0 Å². The van der Waals surface area contributed by atoms with Crippen LogP contribution in [0.3, 0.4) is 0 Å². The molecule has 0 heterocycles. The molecule has 154 valence electrons. The molecule has 1 N–H and O–H groups in total. The summed E-state index contributed by atoms with van der Waals surface area (Å²) in [5, 5.41) is 9.20. The van der Waals surface area contributed by atoms with Crippen molar-refractivity contribution in [3.8, 4) is 0 Å². The molecule has 2 nitrogen and oxygen atoms in total. The van der Waals surface area contributed by atoms with Crippen LogP contribution in [-0.4, -0.2) is 42.9 Å². The van der Waals surface area contributed by atoms with Gasteiger partial charge in [0.1, 0.15) is 0 Å². The first kappa shape index (κ1) is 27.9. The van der Waals surface area contributed by atoms with Crippen molar-refractivity contribution >= 4 is 0 Å². The smallest absolute Gasteiger partial charge is 0.0806 e. The highest BCUT2D eigenvalue weighted by Gasteiger charge is 2.19. The number of aliphatic hydroxyl groups is 1. The molecule has 0 aromatic rings. The second-order valence-corrected chi connectivity index (χ2v) is 8.11. The first-order valence-electron chi connectivity index (χ1n) is 11.1. The van der Waals surface area contributed by atoms with E-state index in [9.17, 15) is 5.11 Å². The zero-order valence-corrected chi connectivity index (χ0v) is 19.9. The van der Waals surface area contributed by atoms with E-state index in [0.717, 1.165) is 13.0 Å². The van der Waals surface area contributed by atoms with Crippen molar-refractivity contribution in [3.05, 3.63) is 0 Å². The van der Waals surface area contributed by atoms with Crippen LogP contribution in [0.4, 0.5) is 0 Å². The summed E-state index contributed by atoms with van der Waals surface area (Å²) >= 11 is 0. The molecular weight excluding hydrogens is 421 g/mol. The minimum Gasteiger partial charge on any atom is -1.00 e. The third-order valence-corrected chi connectivity index (χ3v) is 5.46. The average molecular weight is 470 g/mol. The number of rotatable bonds is 19. The monoisotopic (exact) mass is 469 g/mol. The highest BCUT2D eigenvalue weighted by Crippen LogP contribution is 2.14. The number of unbranched alkanes of at least 4 members (excludes halogenated alkanes) is 12. The summed E-state index contributed by atoms with van der Waals surface area (Å²) in [5.74, 6) is 0. The predicted octanol–water partition coefficient (Wildman–Crippen LogP) is 3.32. The van der Waals surface area contributed by atoms with Gasteiger partial charge in [0.25, 0.3) is 0 Å². The maximum Gasteiger partial charge on any atom is 0.0806 e. The van der Waals surface area contributed by atoms with Gasteiger partial charge in [-0.05, 0) is 25.7 Å². The third-order valence-electron chi connectivity index (χ3n) is 5.46. The quantitative estimate of drug-likeness (QED) is 0.175. The van der Waals surface area contributed by atoms with Gasteiger partial charge in [-0.2, -0.15) is 0 Å². The summed E-state index contributed by atoms with van der Waals surface area (Å²) in [7, 11) is 2.42. The molecule has 0 spiro atoms. The molecular formula is C22H48INO. The maximum atomic E-state index is 9.20. The highest BCUT2D eigenvalue weighted by atomic mass is 127. The largest absolute Gasteiger partial charge is 1.00 e. The number of halogens is 1. The van der Waals surface area contributed by atoms with E-state index in [0.29, 0.717) is 6.61 Å². The number of hydrogen-bond acceptors (Lipinski definition) is 1. The summed E-state index contributed by atoms with van der Waals surface area (Å²) in [6.07, 6.45) is 20.5. The van der Waals surface area contributed by atoms with Gasteiger partial charge in [-0.3, -0.25) is 0 Å². The molecule has 0 fully saturated rings. The third kappa shape index (κ3) is 19.2. The lowest BCUT2D eigenvalue weighted by Crippen LogP contribution is -3.00. The molecule has 0 aliphatic heterocycles. The van der Waals surface area contributed by atoms with Crippen LogP contribution in [0.5, 0.6) is 0 Å². The van der Waals surface area contributed by atoms with Gasteiger partial charge < -0.3 is 33.6 Å². The van der Waals surface area contributed by atoms with Crippen molar-refractivity contribution in [1.29, 1.82) is 0 Å². The summed E-state index contributed by atoms with van der Waals surface area (Å²) < 4.78 is 1.18. The number of aliphatic hydroxyl groups excluding tert-OH is 1. The molecule has 3 heteroatoms. The standard InChI is InChI=1S/C22H48NO.HI/c1-4-6-8-10-12-14-16-19-23(3,21-18-22-24)20-17-15-13-11-9-7-5-2;/h24H,4-22H2,1-3H3;1H/q+1;/p-1. The number of quaternary nitrogens is 1. The van der Waals surface area contributed by atoms with Crippen LogP contribution in [-0.2, 0) is 0 Å². The Balaban J connectivity index is 0. The van der Waals surface area contributed by atoms with E-state index >= 15 is 0 Å². The Labute approximate surface area is 176 Å². The fourth-order valence-electron chi connectivity index (χ4n) is 3.69. The van der Waals surface area contributed by atoms with Gasteiger partial charge in [0, 0.05) is 13.0 Å². The van der Waals surface area contributed by atoms with Crippen LogP contribution in [0.15, 0.2) is 0 Å². The molecule has 0 rings (SSSR count). The summed E-state index contributed by atoms with van der Waals surface area (Å²) in [5.41, 5.74) is 0. The first-order valence-corrected chi connectivity index (χ1v) is 11.1. The van der Waals surface area contributed by atoms with Crippen molar-refractivity contribution in [1.82, 2.24) is 0 Å². The van der Waals surface area contributed by atoms with Gasteiger partial charge in [-0.15, -0.1) is 0 Å². The molecule has 0 aliphatic carbocycles. The minimum atomic E-state index is 0. The van der Waals surface area contributed by atoms with Crippen molar-refractivity contribution in [3.63, 3.8) is 0 Å². The van der Waals surface area contributed by atoms with Gasteiger partial charge in [0.2, 0.25) is 0 Å². The van der Waals surface area contributed by atoms with Crippen molar-refractivity contribution in [2.75, 3.05) is 33.3 Å². The van der Waals surface area contributed by atoms with Crippen LogP contribution < -0.4 is 24.0 Å². The molecule has 0 aliphatic rings. The van der Waals surface area contributed by atoms with E-state index in [2.05, 4.69) is 20.9 Å². The van der Waals surface area contributed by atoms with Crippen molar-refractivity contribution < 1.29 is 33.6 Å². The Morgan fingerprint density at radius 3 is 1.20 bits per heavy atom. The lowest BCUT2D eigenvalue weighted by Gasteiger charge is -2.35. The van der Waals surface area contributed by atoms with E-state index in [-0.39, 0.29) is 24.0 Å². The molecule has 0 amide bonds. The average Bonchev–Trinajstić information content (AvgIpc) is 2.58. The van der Waals surface area contributed by atoms with E-state index in [1.165, 1.54) is 107 Å². The molecule has 0 aromatic carbocycles.